The fraction of sp³-hybridized carbons (Fsp3) is 0.474. The quantitative estimate of drug-likeness (QED) is 0.847. The van der Waals surface area contributed by atoms with E-state index in [1.807, 2.05) is 31.2 Å². The highest BCUT2D eigenvalue weighted by Gasteiger charge is 2.53. The molecule has 2 saturated heterocycles. The van der Waals surface area contributed by atoms with Crippen LogP contribution in [0.1, 0.15) is 36.1 Å². The lowest BCUT2D eigenvalue weighted by Gasteiger charge is -2.43. The van der Waals surface area contributed by atoms with Gasteiger partial charge in [0.05, 0.1) is 5.60 Å². The number of hydrogen-bond acceptors (Lipinski definition) is 6. The Labute approximate surface area is 162 Å². The van der Waals surface area contributed by atoms with Crippen LogP contribution in [0.15, 0.2) is 34.5 Å². The predicted octanol–water partition coefficient (Wildman–Crippen LogP) is 2.99. The molecule has 1 aromatic heterocycles. The molecule has 1 N–H and O–H groups in total. The second kappa shape index (κ2) is 5.94. The summed E-state index contributed by atoms with van der Waals surface area (Å²) in [6.45, 7) is 2.10. The Morgan fingerprint density at radius 2 is 1.81 bits per heavy atom. The molecule has 4 heterocycles. The summed E-state index contributed by atoms with van der Waals surface area (Å²) in [5.41, 5.74) is -0.280. The Hall–Kier alpha value is -1.61. The van der Waals surface area contributed by atoms with Crippen molar-refractivity contribution in [1.82, 2.24) is 4.31 Å². The number of ether oxygens (including phenoxy) is 2. The molecule has 1 aromatic carbocycles. The predicted molar refractivity (Wildman–Crippen MR) is 101 cm³/mol. The second-order valence-electron chi connectivity index (χ2n) is 7.59. The zero-order valence-electron chi connectivity index (χ0n) is 14.9. The molecule has 0 unspecified atom stereocenters. The van der Waals surface area contributed by atoms with E-state index in [0.29, 0.717) is 28.5 Å². The molecule has 0 saturated carbocycles. The first kappa shape index (κ1) is 17.5. The van der Waals surface area contributed by atoms with Gasteiger partial charge in [-0.25, -0.2) is 8.42 Å². The highest BCUT2D eigenvalue weighted by atomic mass is 32.2. The maximum Gasteiger partial charge on any atom is 0.253 e. The number of benzene rings is 1. The summed E-state index contributed by atoms with van der Waals surface area (Å²) in [6.07, 6.45) is 2.35. The summed E-state index contributed by atoms with van der Waals surface area (Å²) in [7, 11) is -3.52. The third kappa shape index (κ3) is 2.69. The van der Waals surface area contributed by atoms with Gasteiger partial charge in [0, 0.05) is 17.0 Å². The van der Waals surface area contributed by atoms with Crippen molar-refractivity contribution in [1.29, 1.82) is 0 Å². The van der Waals surface area contributed by atoms with Crippen LogP contribution >= 0.6 is 11.3 Å². The van der Waals surface area contributed by atoms with Crippen LogP contribution in [0.2, 0.25) is 0 Å². The maximum atomic E-state index is 13.2. The minimum Gasteiger partial charge on any atom is -0.454 e. The van der Waals surface area contributed by atoms with Crippen LogP contribution in [0, 0.1) is 6.92 Å². The van der Waals surface area contributed by atoms with E-state index in [0.717, 1.165) is 23.3 Å². The Morgan fingerprint density at radius 3 is 2.48 bits per heavy atom. The zero-order chi connectivity index (χ0) is 18.8. The average molecular weight is 408 g/mol. The lowest BCUT2D eigenvalue weighted by atomic mass is 9.81. The zero-order valence-corrected chi connectivity index (χ0v) is 16.6. The van der Waals surface area contributed by atoms with Gasteiger partial charge in [-0.3, -0.25) is 0 Å². The third-order valence-electron chi connectivity index (χ3n) is 5.86. The fourth-order valence-corrected chi connectivity index (χ4v) is 7.91. The van der Waals surface area contributed by atoms with Crippen molar-refractivity contribution in [3.05, 3.63) is 40.8 Å². The molecule has 6 nitrogen and oxygen atoms in total. The summed E-state index contributed by atoms with van der Waals surface area (Å²) in [6, 6.07) is 8.65. The number of piperidine rings is 1. The van der Waals surface area contributed by atoms with E-state index in [9.17, 15) is 13.5 Å². The summed E-state index contributed by atoms with van der Waals surface area (Å²) >= 11 is 1.31. The maximum absolute atomic E-state index is 13.2. The fourth-order valence-electron chi connectivity index (χ4n) is 4.65. The monoisotopic (exact) mass is 407 g/mol. The Morgan fingerprint density at radius 1 is 1.11 bits per heavy atom. The summed E-state index contributed by atoms with van der Waals surface area (Å²) in [5, 5.41) is 11.4. The molecular weight excluding hydrogens is 386 g/mol. The molecule has 2 bridgehead atoms. The van der Waals surface area contributed by atoms with Crippen molar-refractivity contribution < 1.29 is 23.0 Å². The van der Waals surface area contributed by atoms with Gasteiger partial charge in [-0.1, -0.05) is 6.07 Å². The number of thiophene rings is 1. The van der Waals surface area contributed by atoms with Gasteiger partial charge < -0.3 is 14.6 Å². The molecule has 3 aliphatic heterocycles. The van der Waals surface area contributed by atoms with Crippen molar-refractivity contribution in [2.75, 3.05) is 6.79 Å². The SMILES string of the molecule is Cc1ccc(S(=O)(=O)N2[C@H]3CC[C@H]2CC(O)(c2ccc4c(c2)OCO4)C3)s1. The van der Waals surface area contributed by atoms with Crippen LogP contribution in [0.5, 0.6) is 11.5 Å². The molecule has 0 spiro atoms. The van der Waals surface area contributed by atoms with Crippen LogP contribution in [-0.2, 0) is 15.6 Å². The van der Waals surface area contributed by atoms with E-state index < -0.39 is 15.6 Å². The minimum atomic E-state index is -3.52. The summed E-state index contributed by atoms with van der Waals surface area (Å²) < 4.78 is 39.2. The highest BCUT2D eigenvalue weighted by molar-refractivity contribution is 7.91. The third-order valence-corrected chi connectivity index (χ3v) is 9.33. The van der Waals surface area contributed by atoms with E-state index in [1.54, 1.807) is 10.4 Å². The van der Waals surface area contributed by atoms with Gasteiger partial charge in [-0.05, 0) is 62.4 Å². The van der Waals surface area contributed by atoms with Crippen LogP contribution in [-0.4, -0.2) is 36.7 Å². The lowest BCUT2D eigenvalue weighted by Crippen LogP contribution is -2.51. The molecule has 0 amide bonds. The number of aryl methyl sites for hydroxylation is 1. The first-order chi connectivity index (χ1) is 12.9. The van der Waals surface area contributed by atoms with Crippen LogP contribution < -0.4 is 9.47 Å². The lowest BCUT2D eigenvalue weighted by molar-refractivity contribution is -0.0341. The van der Waals surface area contributed by atoms with Gasteiger partial charge in [0.2, 0.25) is 6.79 Å². The van der Waals surface area contributed by atoms with Gasteiger partial charge in [-0.15, -0.1) is 11.3 Å². The molecule has 5 rings (SSSR count). The normalized spacial score (nSPS) is 30.0. The number of nitrogens with zero attached hydrogens (tertiary/aromatic N) is 1. The van der Waals surface area contributed by atoms with E-state index in [1.165, 1.54) is 11.3 Å². The number of aliphatic hydroxyl groups is 1. The van der Waals surface area contributed by atoms with Crippen molar-refractivity contribution in [3.8, 4) is 11.5 Å². The standard InChI is InChI=1S/C19H21NO5S2/c1-12-2-7-18(26-12)27(22,23)20-14-4-5-15(20)10-19(21,9-14)13-3-6-16-17(8-13)25-11-24-16/h2-3,6-8,14-15,21H,4-5,9-11H2,1H3/t14-,15-/m0/s1. The Balaban J connectivity index is 1.46. The van der Waals surface area contributed by atoms with E-state index in [4.69, 9.17) is 9.47 Å². The van der Waals surface area contributed by atoms with Crippen LogP contribution in [0.3, 0.4) is 0 Å². The topological polar surface area (TPSA) is 76.1 Å². The van der Waals surface area contributed by atoms with Crippen LogP contribution in [0.25, 0.3) is 0 Å². The number of fused-ring (bicyclic) bond motifs is 3. The minimum absolute atomic E-state index is 0.188. The molecule has 0 radical (unpaired) electrons. The van der Waals surface area contributed by atoms with Gasteiger partial charge in [0.1, 0.15) is 4.21 Å². The Bertz CT molecular complexity index is 985. The van der Waals surface area contributed by atoms with Crippen molar-refractivity contribution >= 4 is 21.4 Å². The van der Waals surface area contributed by atoms with Crippen molar-refractivity contribution in [2.24, 2.45) is 0 Å². The molecule has 144 valence electrons. The highest BCUT2D eigenvalue weighted by Crippen LogP contribution is 2.49. The average Bonchev–Trinajstić information content (AvgIpc) is 3.33. The molecule has 0 aliphatic carbocycles. The van der Waals surface area contributed by atoms with E-state index in [2.05, 4.69) is 0 Å². The molecule has 8 heteroatoms. The van der Waals surface area contributed by atoms with E-state index in [-0.39, 0.29) is 18.9 Å². The molecular formula is C19H21NO5S2. The molecule has 2 aromatic rings. The molecule has 27 heavy (non-hydrogen) atoms. The van der Waals surface area contributed by atoms with Crippen molar-refractivity contribution in [2.45, 2.75) is 54.5 Å². The molecule has 2 fully saturated rings. The van der Waals surface area contributed by atoms with Gasteiger partial charge in [0.15, 0.2) is 11.5 Å². The summed E-state index contributed by atoms with van der Waals surface area (Å²) in [4.78, 5) is 0.981. The van der Waals surface area contributed by atoms with Crippen LogP contribution in [0.4, 0.5) is 0 Å². The summed E-state index contributed by atoms with van der Waals surface area (Å²) in [5.74, 6) is 1.32. The number of rotatable bonds is 3. The van der Waals surface area contributed by atoms with E-state index >= 15 is 0 Å². The largest absolute Gasteiger partial charge is 0.454 e. The van der Waals surface area contributed by atoms with Crippen molar-refractivity contribution in [3.63, 3.8) is 0 Å². The van der Waals surface area contributed by atoms with Gasteiger partial charge >= 0.3 is 0 Å². The smallest absolute Gasteiger partial charge is 0.253 e. The van der Waals surface area contributed by atoms with Gasteiger partial charge in [0.25, 0.3) is 10.0 Å². The first-order valence-corrected chi connectivity index (χ1v) is 11.3. The number of hydrogen-bond donors (Lipinski definition) is 1. The molecule has 2 atom stereocenters. The number of sulfonamides is 1. The first-order valence-electron chi connectivity index (χ1n) is 9.09. The van der Waals surface area contributed by atoms with Gasteiger partial charge in [-0.2, -0.15) is 4.31 Å². The Kier molecular flexibility index (Phi) is 3.85. The molecule has 3 aliphatic rings. The second-order valence-corrected chi connectivity index (χ2v) is 11.0.